The highest BCUT2D eigenvalue weighted by molar-refractivity contribution is 6.13. The second-order valence-electron chi connectivity index (χ2n) is 8.94. The molecule has 3 amide bonds. The number of rotatable bonds is 6. The van der Waals surface area contributed by atoms with E-state index in [0.29, 0.717) is 18.4 Å². The number of ketones is 1. The highest BCUT2D eigenvalue weighted by Gasteiger charge is 2.47. The van der Waals surface area contributed by atoms with E-state index in [1.807, 2.05) is 0 Å². The number of para-hydroxylation sites is 1. The first-order valence-corrected chi connectivity index (χ1v) is 11.7. The Labute approximate surface area is 223 Å². The van der Waals surface area contributed by atoms with Crippen molar-refractivity contribution in [3.8, 4) is 5.75 Å². The van der Waals surface area contributed by atoms with Crippen LogP contribution in [0.1, 0.15) is 41.6 Å². The van der Waals surface area contributed by atoms with Crippen molar-refractivity contribution in [2.75, 3.05) is 4.90 Å². The highest BCUT2D eigenvalue weighted by atomic mass is 19.4. The predicted molar refractivity (Wildman–Crippen MR) is 126 cm³/mol. The van der Waals surface area contributed by atoms with Crippen molar-refractivity contribution >= 4 is 29.4 Å². The van der Waals surface area contributed by atoms with Gasteiger partial charge in [0.1, 0.15) is 18.2 Å². The maximum atomic E-state index is 13.7. The molecule has 2 aliphatic rings. The van der Waals surface area contributed by atoms with Gasteiger partial charge in [0.05, 0.1) is 12.2 Å². The van der Waals surface area contributed by atoms with Crippen LogP contribution in [0.5, 0.6) is 5.75 Å². The van der Waals surface area contributed by atoms with E-state index in [0.717, 1.165) is 17.0 Å². The van der Waals surface area contributed by atoms with E-state index in [1.165, 1.54) is 29.2 Å². The van der Waals surface area contributed by atoms with E-state index in [-0.39, 0.29) is 17.8 Å². The second kappa shape index (κ2) is 11.8. The van der Waals surface area contributed by atoms with Gasteiger partial charge in [-0.15, -0.1) is 13.2 Å². The van der Waals surface area contributed by atoms with Crippen LogP contribution in [0.3, 0.4) is 0 Å². The van der Waals surface area contributed by atoms with Crippen LogP contribution in [0.2, 0.25) is 0 Å². The van der Waals surface area contributed by atoms with Gasteiger partial charge in [-0.2, -0.15) is 13.2 Å². The fraction of sp³-hybridized carbons (Fsp3) is 0.360. The van der Waals surface area contributed by atoms with Gasteiger partial charge in [0, 0.05) is 18.0 Å². The van der Waals surface area contributed by atoms with Crippen LogP contribution in [0.15, 0.2) is 48.5 Å². The number of hydrogen-bond donors (Lipinski definition) is 2. The number of anilines is 1. The van der Waals surface area contributed by atoms with Gasteiger partial charge in [0.25, 0.3) is 5.91 Å². The number of primary amides is 1. The molecule has 1 aliphatic heterocycles. The Kier molecular flexibility index (Phi) is 8.95. The topological polar surface area (TPSA) is 130 Å². The lowest BCUT2D eigenvalue weighted by atomic mass is 10.0. The summed E-state index contributed by atoms with van der Waals surface area (Å²) in [4.78, 5) is 50.2. The minimum Gasteiger partial charge on any atom is -0.465 e. The molecule has 1 saturated carbocycles. The molecule has 0 saturated heterocycles. The summed E-state index contributed by atoms with van der Waals surface area (Å²) < 4.78 is 80.2. The number of carbonyl (C=O) groups is 4. The van der Waals surface area contributed by atoms with Crippen molar-refractivity contribution in [2.45, 2.75) is 56.9 Å². The Morgan fingerprint density at radius 1 is 1.00 bits per heavy atom. The van der Waals surface area contributed by atoms with Gasteiger partial charge in [-0.3, -0.25) is 14.4 Å². The minimum atomic E-state index is -4.88. The van der Waals surface area contributed by atoms with E-state index < -0.39 is 66.9 Å². The van der Waals surface area contributed by atoms with Crippen molar-refractivity contribution in [3.05, 3.63) is 59.7 Å². The lowest BCUT2D eigenvalue weighted by Gasteiger charge is -2.33. The number of ether oxygens (including phenoxy) is 1. The van der Waals surface area contributed by atoms with Gasteiger partial charge in [-0.1, -0.05) is 24.3 Å². The molecule has 1 heterocycles. The third kappa shape index (κ3) is 8.35. The average Bonchev–Trinajstić information content (AvgIpc) is 3.65. The molecular weight excluding hydrogens is 552 g/mol. The highest BCUT2D eigenvalue weighted by Crippen LogP contribution is 2.37. The molecule has 15 heteroatoms. The largest absolute Gasteiger partial charge is 0.573 e. The monoisotopic (exact) mass is 575 g/mol. The zero-order chi connectivity index (χ0) is 29.8. The number of alkyl halides is 6. The molecule has 4 rings (SSSR count). The number of halogens is 6. The maximum Gasteiger partial charge on any atom is 0.573 e. The van der Waals surface area contributed by atoms with Crippen LogP contribution in [0, 0.1) is 0 Å². The Morgan fingerprint density at radius 3 is 2.10 bits per heavy atom. The molecule has 2 aromatic carbocycles. The first-order chi connectivity index (χ1) is 18.6. The van der Waals surface area contributed by atoms with Crippen LogP contribution >= 0.6 is 0 Å². The smallest absolute Gasteiger partial charge is 0.465 e. The first kappa shape index (κ1) is 30.2. The molecule has 3 N–H and O–H groups in total. The van der Waals surface area contributed by atoms with Gasteiger partial charge in [-0.05, 0) is 42.7 Å². The lowest BCUT2D eigenvalue weighted by molar-refractivity contribution is -0.274. The number of carbonyl (C=O) groups excluding carboxylic acids is 3. The van der Waals surface area contributed by atoms with Crippen LogP contribution in [0.25, 0.3) is 0 Å². The molecule has 0 aromatic heterocycles. The Morgan fingerprint density at radius 2 is 1.57 bits per heavy atom. The van der Waals surface area contributed by atoms with Crippen molar-refractivity contribution in [1.29, 1.82) is 0 Å². The predicted octanol–water partition coefficient (Wildman–Crippen LogP) is 4.64. The summed E-state index contributed by atoms with van der Waals surface area (Å²) >= 11 is 0. The second-order valence-corrected chi connectivity index (χ2v) is 8.94. The van der Waals surface area contributed by atoms with Crippen molar-refractivity contribution in [2.24, 2.45) is 5.73 Å². The van der Waals surface area contributed by atoms with Gasteiger partial charge >= 0.3 is 18.6 Å². The van der Waals surface area contributed by atoms with E-state index in [9.17, 15) is 40.7 Å². The van der Waals surface area contributed by atoms with Crippen LogP contribution < -0.4 is 15.4 Å². The zero-order valence-corrected chi connectivity index (χ0v) is 20.5. The molecule has 9 nitrogen and oxygen atoms in total. The van der Waals surface area contributed by atoms with Crippen molar-refractivity contribution < 1.29 is 55.4 Å². The third-order valence-electron chi connectivity index (χ3n) is 5.84. The lowest BCUT2D eigenvalue weighted by Crippen LogP contribution is -2.52. The molecule has 0 radical (unpaired) electrons. The summed E-state index contributed by atoms with van der Waals surface area (Å²) in [6.07, 6.45) is -12.4. The maximum absolute atomic E-state index is 13.7. The molecule has 2 aromatic rings. The first-order valence-electron chi connectivity index (χ1n) is 11.7. The van der Waals surface area contributed by atoms with Crippen LogP contribution in [0.4, 0.5) is 36.8 Å². The number of fused-ring (bicyclic) bond motifs is 1. The van der Waals surface area contributed by atoms with E-state index in [2.05, 4.69) is 10.5 Å². The molecule has 1 aliphatic carbocycles. The SMILES string of the molecule is NC(=O)O.O=C1C[C@@H](N(C(=O)CC(F)(F)F)C2CC2)C(=O)N(Cc2ccc(OC(F)(F)F)cc2)c2ccccc21. The standard InChI is InChI=1S/C24H20F6N2O4.CH3NO2/c25-23(26,27)12-21(34)32(15-7-8-15)19-11-20(33)17-3-1-2-4-18(17)31(22(19)35)13-14-5-9-16(10-6-14)36-24(28,29)30;2-1(3)4/h1-6,9-10,15,19H,7-8,11-13H2;2H2,(H,3,4)/t19-;/m1./s1. The van der Waals surface area contributed by atoms with E-state index >= 15 is 0 Å². The molecule has 40 heavy (non-hydrogen) atoms. The molecule has 0 unspecified atom stereocenters. The fourth-order valence-electron chi connectivity index (χ4n) is 4.22. The van der Waals surface area contributed by atoms with E-state index in [4.69, 9.17) is 9.90 Å². The number of nitrogens with two attached hydrogens (primary N) is 1. The Bertz CT molecular complexity index is 1260. The summed E-state index contributed by atoms with van der Waals surface area (Å²) in [6.45, 7) is -0.197. The summed E-state index contributed by atoms with van der Waals surface area (Å²) in [7, 11) is 0. The molecule has 1 fully saturated rings. The normalized spacial score (nSPS) is 17.2. The van der Waals surface area contributed by atoms with Gasteiger partial charge in [0.15, 0.2) is 5.78 Å². The quantitative estimate of drug-likeness (QED) is 0.483. The number of amides is 3. The number of Topliss-reactive ketones (excluding diaryl/α,β-unsaturated/α-hetero) is 1. The van der Waals surface area contributed by atoms with Crippen LogP contribution in [-0.4, -0.2) is 58.3 Å². The molecule has 1 atom stereocenters. The third-order valence-corrected chi connectivity index (χ3v) is 5.84. The fourth-order valence-corrected chi connectivity index (χ4v) is 4.22. The van der Waals surface area contributed by atoms with Crippen molar-refractivity contribution in [3.63, 3.8) is 0 Å². The minimum absolute atomic E-state index is 0.157. The van der Waals surface area contributed by atoms with Crippen molar-refractivity contribution in [1.82, 2.24) is 4.90 Å². The number of nitrogens with zero attached hydrogens (tertiary/aromatic N) is 2. The summed E-state index contributed by atoms with van der Waals surface area (Å²) in [5.41, 5.74) is 4.76. The molecule has 216 valence electrons. The number of benzene rings is 2. The average molecular weight is 575 g/mol. The number of carboxylic acid groups (broad SMARTS) is 1. The van der Waals surface area contributed by atoms with E-state index in [1.54, 1.807) is 12.1 Å². The Hall–Kier alpha value is -4.30. The zero-order valence-electron chi connectivity index (χ0n) is 20.5. The van der Waals surface area contributed by atoms with Gasteiger partial charge in [-0.25, -0.2) is 4.79 Å². The summed E-state index contributed by atoms with van der Waals surface area (Å²) in [5, 5.41) is 7.19. The van der Waals surface area contributed by atoms with Gasteiger partial charge < -0.3 is 25.4 Å². The molecule has 0 spiro atoms. The number of hydrogen-bond acceptors (Lipinski definition) is 5. The van der Waals surface area contributed by atoms with Crippen LogP contribution in [-0.2, 0) is 16.1 Å². The molecule has 0 bridgehead atoms. The van der Waals surface area contributed by atoms with Gasteiger partial charge in [0.2, 0.25) is 5.91 Å². The molecular formula is C25H23F6N3O6. The summed E-state index contributed by atoms with van der Waals surface area (Å²) in [5.74, 6) is -3.01. The summed E-state index contributed by atoms with van der Waals surface area (Å²) in [6, 6.07) is 8.79. The Balaban J connectivity index is 0.00000103.